The van der Waals surface area contributed by atoms with Crippen molar-refractivity contribution in [1.82, 2.24) is 14.6 Å². The minimum absolute atomic E-state index is 0.00141. The lowest BCUT2D eigenvalue weighted by Crippen LogP contribution is -2.50. The number of morpholine rings is 1. The van der Waals surface area contributed by atoms with Crippen LogP contribution in [0.2, 0.25) is 5.15 Å². The number of rotatable bonds is 4. The molecule has 21 heavy (non-hydrogen) atoms. The van der Waals surface area contributed by atoms with Gasteiger partial charge in [-0.05, 0) is 31.5 Å². The van der Waals surface area contributed by atoms with Crippen molar-refractivity contribution in [2.45, 2.75) is 29.9 Å². The van der Waals surface area contributed by atoms with Crippen LogP contribution in [0.4, 0.5) is 0 Å². The van der Waals surface area contributed by atoms with Crippen molar-refractivity contribution in [2.24, 2.45) is 0 Å². The van der Waals surface area contributed by atoms with E-state index in [0.717, 1.165) is 13.1 Å². The third-order valence-electron chi connectivity index (χ3n) is 3.98. The van der Waals surface area contributed by atoms with Gasteiger partial charge in [0.05, 0.1) is 12.7 Å². The van der Waals surface area contributed by atoms with Crippen molar-refractivity contribution in [3.8, 4) is 0 Å². The molecule has 6 nitrogen and oxygen atoms in total. The largest absolute Gasteiger partial charge is 0.374 e. The van der Waals surface area contributed by atoms with Crippen LogP contribution in [-0.4, -0.2) is 56.7 Å². The summed E-state index contributed by atoms with van der Waals surface area (Å²) in [4.78, 5) is 6.17. The van der Waals surface area contributed by atoms with Crippen LogP contribution >= 0.6 is 11.6 Å². The molecule has 3 heterocycles. The third kappa shape index (κ3) is 3.37. The smallest absolute Gasteiger partial charge is 0.243 e. The number of hydrogen-bond donors (Lipinski definition) is 1. The van der Waals surface area contributed by atoms with Gasteiger partial charge in [-0.3, -0.25) is 4.90 Å². The predicted molar refractivity (Wildman–Crippen MR) is 78.8 cm³/mol. The highest BCUT2D eigenvalue weighted by Gasteiger charge is 2.32. The van der Waals surface area contributed by atoms with Crippen molar-refractivity contribution in [1.29, 1.82) is 0 Å². The number of aromatic nitrogens is 1. The number of nitrogens with one attached hydrogen (secondary N) is 1. The van der Waals surface area contributed by atoms with Gasteiger partial charge in [-0.15, -0.1) is 0 Å². The van der Waals surface area contributed by atoms with Crippen molar-refractivity contribution >= 4 is 21.6 Å². The van der Waals surface area contributed by atoms with E-state index in [0.29, 0.717) is 12.6 Å². The molecular formula is C13H18ClN3O3S. The van der Waals surface area contributed by atoms with Crippen molar-refractivity contribution in [3.05, 3.63) is 23.5 Å². The van der Waals surface area contributed by atoms with Crippen LogP contribution in [0.25, 0.3) is 0 Å². The summed E-state index contributed by atoms with van der Waals surface area (Å²) in [6.45, 7) is 2.77. The molecule has 0 spiro atoms. The highest BCUT2D eigenvalue weighted by molar-refractivity contribution is 7.89. The van der Waals surface area contributed by atoms with Crippen molar-refractivity contribution in [2.75, 3.05) is 26.2 Å². The summed E-state index contributed by atoms with van der Waals surface area (Å²) in [5.74, 6) is 0. The van der Waals surface area contributed by atoms with E-state index in [-0.39, 0.29) is 22.7 Å². The molecule has 2 saturated heterocycles. The summed E-state index contributed by atoms with van der Waals surface area (Å²) in [6.07, 6.45) is 3.70. The van der Waals surface area contributed by atoms with Gasteiger partial charge in [0, 0.05) is 25.3 Å². The molecule has 8 heteroatoms. The molecule has 2 aliphatic rings. The summed E-state index contributed by atoms with van der Waals surface area (Å²) in [7, 11) is -3.66. The third-order valence-corrected chi connectivity index (χ3v) is 5.85. The van der Waals surface area contributed by atoms with Gasteiger partial charge in [-0.25, -0.2) is 18.1 Å². The molecule has 0 amide bonds. The van der Waals surface area contributed by atoms with Gasteiger partial charge in [-0.1, -0.05) is 11.6 Å². The Morgan fingerprint density at radius 3 is 3.19 bits per heavy atom. The minimum atomic E-state index is -3.66. The number of halogens is 1. The molecule has 3 rings (SSSR count). The number of sulfonamides is 1. The Hall–Kier alpha value is -0.730. The zero-order chi connectivity index (χ0) is 14.9. The fourth-order valence-corrected chi connectivity index (χ4v) is 4.38. The van der Waals surface area contributed by atoms with E-state index in [1.807, 2.05) is 0 Å². The van der Waals surface area contributed by atoms with E-state index >= 15 is 0 Å². The average Bonchev–Trinajstić information content (AvgIpc) is 2.93. The molecule has 0 aliphatic carbocycles. The van der Waals surface area contributed by atoms with Crippen LogP contribution in [-0.2, 0) is 14.8 Å². The van der Waals surface area contributed by atoms with Gasteiger partial charge in [0.2, 0.25) is 10.0 Å². The predicted octanol–water partition coefficient (Wildman–Crippen LogP) is 0.877. The van der Waals surface area contributed by atoms with Crippen LogP contribution in [0.1, 0.15) is 12.8 Å². The second kappa shape index (κ2) is 6.18. The second-order valence-corrected chi connectivity index (χ2v) is 7.48. The van der Waals surface area contributed by atoms with E-state index in [2.05, 4.69) is 14.6 Å². The summed E-state index contributed by atoms with van der Waals surface area (Å²) in [5, 5.41) is -0.0193. The Morgan fingerprint density at radius 2 is 2.38 bits per heavy atom. The molecule has 0 aromatic carbocycles. The molecule has 2 atom stereocenters. The van der Waals surface area contributed by atoms with Crippen LogP contribution in [0.5, 0.6) is 0 Å². The summed E-state index contributed by atoms with van der Waals surface area (Å²) in [6, 6.07) is 3.49. The van der Waals surface area contributed by atoms with Crippen molar-refractivity contribution < 1.29 is 13.2 Å². The lowest BCUT2D eigenvalue weighted by atomic mass is 10.2. The Labute approximate surface area is 129 Å². The van der Waals surface area contributed by atoms with Crippen LogP contribution < -0.4 is 4.72 Å². The molecular weight excluding hydrogens is 314 g/mol. The lowest BCUT2D eigenvalue weighted by molar-refractivity contribution is -0.0449. The van der Waals surface area contributed by atoms with Crippen LogP contribution in [0.3, 0.4) is 0 Å². The topological polar surface area (TPSA) is 71.5 Å². The van der Waals surface area contributed by atoms with E-state index in [9.17, 15) is 8.42 Å². The van der Waals surface area contributed by atoms with Gasteiger partial charge >= 0.3 is 0 Å². The highest BCUT2D eigenvalue weighted by atomic mass is 35.5. The van der Waals surface area contributed by atoms with Crippen molar-refractivity contribution in [3.63, 3.8) is 0 Å². The van der Waals surface area contributed by atoms with Gasteiger partial charge in [-0.2, -0.15) is 0 Å². The van der Waals surface area contributed by atoms with E-state index in [1.54, 1.807) is 6.07 Å². The maximum absolute atomic E-state index is 12.2. The quantitative estimate of drug-likeness (QED) is 0.829. The number of fused-ring (bicyclic) bond motifs is 1. The van der Waals surface area contributed by atoms with E-state index in [4.69, 9.17) is 16.3 Å². The molecule has 2 fully saturated rings. The molecule has 2 aliphatic heterocycles. The molecule has 1 aromatic heterocycles. The highest BCUT2D eigenvalue weighted by Crippen LogP contribution is 2.23. The summed E-state index contributed by atoms with van der Waals surface area (Å²) < 4.78 is 32.7. The van der Waals surface area contributed by atoms with Gasteiger partial charge in [0.25, 0.3) is 0 Å². The first kappa shape index (κ1) is 15.2. The molecule has 0 saturated carbocycles. The first-order valence-corrected chi connectivity index (χ1v) is 8.88. The number of pyridine rings is 1. The van der Waals surface area contributed by atoms with Gasteiger partial charge in [0.1, 0.15) is 10.0 Å². The summed E-state index contributed by atoms with van der Waals surface area (Å²) in [5.41, 5.74) is 0. The molecule has 116 valence electrons. The Balaban J connectivity index is 1.61. The van der Waals surface area contributed by atoms with E-state index in [1.165, 1.54) is 25.1 Å². The fourth-order valence-electron chi connectivity index (χ4n) is 2.86. The summed E-state index contributed by atoms with van der Waals surface area (Å²) >= 11 is 5.83. The first-order chi connectivity index (χ1) is 10.1. The molecule has 0 bridgehead atoms. The standard InChI is InChI=1S/C13H18ClN3O3S/c14-13-12(4-1-5-15-13)21(18,19)16-7-11-8-17-6-2-3-10(17)9-20-11/h1,4-5,10-11,16H,2-3,6-9H2. The number of hydrogen-bond acceptors (Lipinski definition) is 5. The monoisotopic (exact) mass is 331 g/mol. The first-order valence-electron chi connectivity index (χ1n) is 7.02. The molecule has 1 aromatic rings. The Morgan fingerprint density at radius 1 is 1.52 bits per heavy atom. The maximum atomic E-state index is 12.2. The minimum Gasteiger partial charge on any atom is -0.374 e. The normalized spacial score (nSPS) is 26.7. The zero-order valence-corrected chi connectivity index (χ0v) is 13.1. The maximum Gasteiger partial charge on any atom is 0.243 e. The van der Waals surface area contributed by atoms with Gasteiger partial charge in [0.15, 0.2) is 0 Å². The average molecular weight is 332 g/mol. The van der Waals surface area contributed by atoms with Crippen LogP contribution in [0, 0.1) is 0 Å². The number of ether oxygens (including phenoxy) is 1. The fraction of sp³-hybridized carbons (Fsp3) is 0.615. The van der Waals surface area contributed by atoms with E-state index < -0.39 is 10.0 Å². The molecule has 2 unspecified atom stereocenters. The van der Waals surface area contributed by atoms with Crippen LogP contribution in [0.15, 0.2) is 23.2 Å². The zero-order valence-electron chi connectivity index (χ0n) is 11.5. The SMILES string of the molecule is O=S(=O)(NCC1CN2CCCC2CO1)c1cccnc1Cl. The molecule has 0 radical (unpaired) electrons. The lowest BCUT2D eigenvalue weighted by Gasteiger charge is -2.35. The molecule has 1 N–H and O–H groups in total. The number of nitrogens with zero attached hydrogens (tertiary/aromatic N) is 2. The Bertz CT molecular complexity index is 610. The Kier molecular flexibility index (Phi) is 4.46. The second-order valence-electron chi connectivity index (χ2n) is 5.39. The van der Waals surface area contributed by atoms with Gasteiger partial charge < -0.3 is 4.74 Å².